The van der Waals surface area contributed by atoms with Crippen molar-refractivity contribution in [2.24, 2.45) is 5.73 Å². The lowest BCUT2D eigenvalue weighted by molar-refractivity contribution is 0.119. The third kappa shape index (κ3) is 1.82. The first-order valence-electron chi connectivity index (χ1n) is 6.29. The number of nitrogens with two attached hydrogens (primary N) is 1. The molecule has 1 unspecified atom stereocenters. The Morgan fingerprint density at radius 2 is 2.07 bits per heavy atom. The zero-order valence-electron chi connectivity index (χ0n) is 9.47. The Morgan fingerprint density at radius 1 is 1.29 bits per heavy atom. The summed E-state index contributed by atoms with van der Waals surface area (Å²) in [6.07, 6.45) is 9.64. The van der Waals surface area contributed by atoms with Gasteiger partial charge in [0.25, 0.3) is 0 Å². The number of nitrogens with zero attached hydrogens (tertiary/aromatic N) is 1. The van der Waals surface area contributed by atoms with E-state index in [4.69, 9.17) is 5.73 Å². The first-order valence-corrected chi connectivity index (χ1v) is 6.29. The molecule has 1 aliphatic heterocycles. The minimum atomic E-state index is 0.436. The van der Waals surface area contributed by atoms with Crippen LogP contribution in [0.3, 0.4) is 0 Å². The zero-order valence-corrected chi connectivity index (χ0v) is 9.47. The fourth-order valence-corrected chi connectivity index (χ4v) is 2.98. The minimum Gasteiger partial charge on any atom is -0.329 e. The van der Waals surface area contributed by atoms with E-state index in [1.807, 2.05) is 0 Å². The van der Waals surface area contributed by atoms with Gasteiger partial charge in [-0.25, -0.2) is 0 Å². The molecule has 2 nitrogen and oxygen atoms in total. The van der Waals surface area contributed by atoms with Gasteiger partial charge in [0.2, 0.25) is 0 Å². The highest BCUT2D eigenvalue weighted by Gasteiger charge is 2.48. The van der Waals surface area contributed by atoms with Gasteiger partial charge in [0.1, 0.15) is 0 Å². The number of rotatable bonds is 3. The number of likely N-dealkylation sites (tertiary alicyclic amines) is 1. The van der Waals surface area contributed by atoms with E-state index in [1.165, 1.54) is 51.5 Å². The molecule has 0 aromatic carbocycles. The molecule has 1 heterocycles. The van der Waals surface area contributed by atoms with Crippen LogP contribution in [0.25, 0.3) is 0 Å². The third-order valence-electron chi connectivity index (χ3n) is 4.16. The second-order valence-corrected chi connectivity index (χ2v) is 5.03. The predicted octanol–water partition coefficient (Wildman–Crippen LogP) is 2.13. The topological polar surface area (TPSA) is 29.3 Å². The lowest BCUT2D eigenvalue weighted by Crippen LogP contribution is -2.48. The Labute approximate surface area is 87.8 Å². The van der Waals surface area contributed by atoms with E-state index in [0.29, 0.717) is 5.54 Å². The van der Waals surface area contributed by atoms with Crippen LogP contribution in [-0.4, -0.2) is 29.6 Å². The second-order valence-electron chi connectivity index (χ2n) is 5.03. The zero-order chi connectivity index (χ0) is 10.0. The van der Waals surface area contributed by atoms with Gasteiger partial charge in [-0.3, -0.25) is 4.90 Å². The first-order chi connectivity index (χ1) is 6.82. The molecule has 0 radical (unpaired) electrons. The normalized spacial score (nSPS) is 32.6. The van der Waals surface area contributed by atoms with Crippen LogP contribution in [0.15, 0.2) is 0 Å². The average Bonchev–Trinajstić information content (AvgIpc) is 3.02. The van der Waals surface area contributed by atoms with Gasteiger partial charge < -0.3 is 5.73 Å². The summed E-state index contributed by atoms with van der Waals surface area (Å²) in [6.45, 7) is 4.51. The van der Waals surface area contributed by atoms with Crippen molar-refractivity contribution in [3.8, 4) is 0 Å². The van der Waals surface area contributed by atoms with Gasteiger partial charge in [0, 0.05) is 18.1 Å². The maximum absolute atomic E-state index is 5.93. The summed E-state index contributed by atoms with van der Waals surface area (Å²) in [5, 5.41) is 0. The third-order valence-corrected chi connectivity index (χ3v) is 4.16. The minimum absolute atomic E-state index is 0.436. The molecule has 1 saturated carbocycles. The van der Waals surface area contributed by atoms with E-state index in [2.05, 4.69) is 11.8 Å². The molecule has 0 aromatic heterocycles. The van der Waals surface area contributed by atoms with E-state index in [0.717, 1.165) is 12.6 Å². The highest BCUT2D eigenvalue weighted by molar-refractivity contribution is 5.06. The Kier molecular flexibility index (Phi) is 3.13. The molecule has 2 aliphatic rings. The van der Waals surface area contributed by atoms with E-state index in [1.54, 1.807) is 0 Å². The summed E-state index contributed by atoms with van der Waals surface area (Å²) >= 11 is 0. The summed E-state index contributed by atoms with van der Waals surface area (Å²) < 4.78 is 0. The van der Waals surface area contributed by atoms with Gasteiger partial charge in [0.15, 0.2) is 0 Å². The van der Waals surface area contributed by atoms with Crippen LogP contribution >= 0.6 is 0 Å². The molecule has 82 valence electrons. The van der Waals surface area contributed by atoms with Gasteiger partial charge in [-0.15, -0.1) is 0 Å². The van der Waals surface area contributed by atoms with Gasteiger partial charge in [-0.1, -0.05) is 19.8 Å². The molecule has 14 heavy (non-hydrogen) atoms. The number of hydrogen-bond acceptors (Lipinski definition) is 2. The molecular formula is C12H24N2. The maximum atomic E-state index is 5.93. The lowest BCUT2D eigenvalue weighted by Gasteiger charge is -2.36. The fraction of sp³-hybridized carbons (Fsp3) is 1.00. The predicted molar refractivity (Wildman–Crippen MR) is 60.3 cm³/mol. The maximum Gasteiger partial charge on any atom is 0.0336 e. The van der Waals surface area contributed by atoms with E-state index >= 15 is 0 Å². The van der Waals surface area contributed by atoms with Crippen molar-refractivity contribution < 1.29 is 0 Å². The average molecular weight is 196 g/mol. The molecular weight excluding hydrogens is 172 g/mol. The summed E-state index contributed by atoms with van der Waals surface area (Å²) in [7, 11) is 0. The van der Waals surface area contributed by atoms with Crippen molar-refractivity contribution in [2.45, 2.75) is 63.5 Å². The van der Waals surface area contributed by atoms with Crippen LogP contribution in [-0.2, 0) is 0 Å². The van der Waals surface area contributed by atoms with Gasteiger partial charge in [0.05, 0.1) is 0 Å². The van der Waals surface area contributed by atoms with Crippen molar-refractivity contribution in [3.63, 3.8) is 0 Å². The van der Waals surface area contributed by atoms with Crippen LogP contribution in [0.4, 0.5) is 0 Å². The van der Waals surface area contributed by atoms with Crippen LogP contribution in [0.2, 0.25) is 0 Å². The molecule has 2 fully saturated rings. The second kappa shape index (κ2) is 4.19. The molecule has 2 heteroatoms. The first kappa shape index (κ1) is 10.4. The molecule has 0 spiro atoms. The monoisotopic (exact) mass is 196 g/mol. The van der Waals surface area contributed by atoms with Crippen LogP contribution in [0, 0.1) is 0 Å². The summed E-state index contributed by atoms with van der Waals surface area (Å²) in [4.78, 5) is 2.75. The van der Waals surface area contributed by atoms with Crippen molar-refractivity contribution in [1.29, 1.82) is 0 Å². The Balaban J connectivity index is 2.05. The smallest absolute Gasteiger partial charge is 0.0336 e. The van der Waals surface area contributed by atoms with E-state index < -0.39 is 0 Å². The summed E-state index contributed by atoms with van der Waals surface area (Å²) in [5.74, 6) is 0. The molecule has 2 rings (SSSR count). The Hall–Kier alpha value is -0.0800. The standard InChI is InChI=1S/C12H24N2/c1-2-11-6-4-3-5-9-14(11)12(10-13)7-8-12/h11H,2-10,13H2,1H3. The van der Waals surface area contributed by atoms with Crippen LogP contribution < -0.4 is 5.73 Å². The van der Waals surface area contributed by atoms with Crippen molar-refractivity contribution >= 4 is 0 Å². The summed E-state index contributed by atoms with van der Waals surface area (Å²) in [5.41, 5.74) is 6.36. The van der Waals surface area contributed by atoms with E-state index in [-0.39, 0.29) is 0 Å². The fourth-order valence-electron chi connectivity index (χ4n) is 2.98. The molecule has 0 bridgehead atoms. The quantitative estimate of drug-likeness (QED) is 0.749. The van der Waals surface area contributed by atoms with Gasteiger partial charge in [-0.2, -0.15) is 0 Å². The van der Waals surface area contributed by atoms with E-state index in [9.17, 15) is 0 Å². The highest BCUT2D eigenvalue weighted by Crippen LogP contribution is 2.43. The van der Waals surface area contributed by atoms with Gasteiger partial charge >= 0.3 is 0 Å². The van der Waals surface area contributed by atoms with Crippen LogP contribution in [0.1, 0.15) is 51.9 Å². The SMILES string of the molecule is CCC1CCCCCN1C1(CN)CC1. The largest absolute Gasteiger partial charge is 0.329 e. The Bertz CT molecular complexity index is 187. The lowest BCUT2D eigenvalue weighted by atomic mass is 10.0. The molecule has 2 N–H and O–H groups in total. The molecule has 0 amide bonds. The summed E-state index contributed by atoms with van der Waals surface area (Å²) in [6, 6.07) is 0.823. The highest BCUT2D eigenvalue weighted by atomic mass is 15.3. The van der Waals surface area contributed by atoms with Crippen LogP contribution in [0.5, 0.6) is 0 Å². The van der Waals surface area contributed by atoms with Crippen molar-refractivity contribution in [1.82, 2.24) is 4.90 Å². The molecule has 1 atom stereocenters. The Morgan fingerprint density at radius 3 is 2.64 bits per heavy atom. The van der Waals surface area contributed by atoms with Crippen molar-refractivity contribution in [2.75, 3.05) is 13.1 Å². The molecule has 1 aliphatic carbocycles. The molecule has 0 aromatic rings. The van der Waals surface area contributed by atoms with Crippen molar-refractivity contribution in [3.05, 3.63) is 0 Å². The molecule has 1 saturated heterocycles. The number of hydrogen-bond donors (Lipinski definition) is 1. The van der Waals surface area contributed by atoms with Gasteiger partial charge in [-0.05, 0) is 38.6 Å².